The number of nitrogens with zero attached hydrogens (tertiary/aromatic N) is 3. The summed E-state index contributed by atoms with van der Waals surface area (Å²) in [6.07, 6.45) is 1.35. The van der Waals surface area contributed by atoms with E-state index in [0.717, 1.165) is 22.9 Å². The number of aromatic carboxylic acids is 1. The van der Waals surface area contributed by atoms with Crippen molar-refractivity contribution in [2.24, 2.45) is 0 Å². The first-order chi connectivity index (χ1) is 9.47. The second-order valence-electron chi connectivity index (χ2n) is 3.69. The number of aromatic nitrogens is 2. The third kappa shape index (κ3) is 2.88. The van der Waals surface area contributed by atoms with Gasteiger partial charge >= 0.3 is 11.7 Å². The molecule has 9 heteroatoms. The summed E-state index contributed by atoms with van der Waals surface area (Å²) in [7, 11) is 0. The molecule has 8 nitrogen and oxygen atoms in total. The Morgan fingerprint density at radius 2 is 2.25 bits per heavy atom. The van der Waals surface area contributed by atoms with E-state index in [0.29, 0.717) is 0 Å². The van der Waals surface area contributed by atoms with Crippen LogP contribution < -0.4 is 4.74 Å². The number of carbonyl (C=O) groups is 1. The molecule has 2 aromatic rings. The third-order valence-corrected chi connectivity index (χ3v) is 2.33. The van der Waals surface area contributed by atoms with Gasteiger partial charge in [0, 0.05) is 6.20 Å². The number of benzene rings is 1. The van der Waals surface area contributed by atoms with Crippen molar-refractivity contribution in [3.63, 3.8) is 0 Å². The molecule has 0 atom stereocenters. The van der Waals surface area contributed by atoms with Crippen LogP contribution in [-0.4, -0.2) is 25.8 Å². The normalized spacial score (nSPS) is 10.2. The van der Waals surface area contributed by atoms with Crippen LogP contribution >= 0.6 is 0 Å². The Kier molecular flexibility index (Phi) is 3.60. The molecule has 0 amide bonds. The Morgan fingerprint density at radius 3 is 2.85 bits per heavy atom. The standard InChI is InChI=1S/C11H8FN3O5/c12-7-1-2-10(9(5-7)15(18)19)20-6-14-4-3-8(13-14)11(16)17/h1-5H,6H2,(H,16,17). The van der Waals surface area contributed by atoms with E-state index in [1.54, 1.807) is 0 Å². The third-order valence-electron chi connectivity index (χ3n) is 2.33. The maximum atomic E-state index is 12.9. The molecule has 0 radical (unpaired) electrons. The average Bonchev–Trinajstić information content (AvgIpc) is 2.86. The number of carboxylic acid groups (broad SMARTS) is 1. The van der Waals surface area contributed by atoms with E-state index in [9.17, 15) is 19.3 Å². The number of halogens is 1. The Balaban J connectivity index is 2.14. The fourth-order valence-electron chi connectivity index (χ4n) is 1.44. The summed E-state index contributed by atoms with van der Waals surface area (Å²) >= 11 is 0. The van der Waals surface area contributed by atoms with Gasteiger partial charge in [0.1, 0.15) is 5.82 Å². The number of nitro groups is 1. The van der Waals surface area contributed by atoms with Crippen molar-refractivity contribution in [2.75, 3.05) is 0 Å². The van der Waals surface area contributed by atoms with Crippen molar-refractivity contribution in [2.45, 2.75) is 6.73 Å². The van der Waals surface area contributed by atoms with Gasteiger partial charge in [0.05, 0.1) is 11.0 Å². The average molecular weight is 281 g/mol. The molecule has 1 heterocycles. The van der Waals surface area contributed by atoms with Gasteiger partial charge in [0.25, 0.3) is 0 Å². The zero-order valence-corrected chi connectivity index (χ0v) is 9.89. The highest BCUT2D eigenvalue weighted by molar-refractivity contribution is 5.84. The van der Waals surface area contributed by atoms with Crippen LogP contribution in [0.3, 0.4) is 0 Å². The monoisotopic (exact) mass is 281 g/mol. The maximum Gasteiger partial charge on any atom is 0.356 e. The highest BCUT2D eigenvalue weighted by atomic mass is 19.1. The number of hydrogen-bond acceptors (Lipinski definition) is 5. The molecule has 0 saturated carbocycles. The first-order valence-electron chi connectivity index (χ1n) is 5.31. The smallest absolute Gasteiger partial charge is 0.356 e. The zero-order valence-electron chi connectivity index (χ0n) is 9.89. The molecular formula is C11H8FN3O5. The highest BCUT2D eigenvalue weighted by Gasteiger charge is 2.16. The maximum absolute atomic E-state index is 12.9. The lowest BCUT2D eigenvalue weighted by atomic mass is 10.3. The molecule has 2 rings (SSSR count). The van der Waals surface area contributed by atoms with Crippen molar-refractivity contribution in [3.8, 4) is 5.75 Å². The molecule has 0 fully saturated rings. The van der Waals surface area contributed by atoms with Gasteiger partial charge in [-0.25, -0.2) is 13.9 Å². The number of carboxylic acids is 1. The van der Waals surface area contributed by atoms with E-state index < -0.39 is 22.4 Å². The molecule has 0 spiro atoms. The second-order valence-corrected chi connectivity index (χ2v) is 3.69. The minimum atomic E-state index is -1.20. The van der Waals surface area contributed by atoms with Crippen LogP contribution in [0.25, 0.3) is 0 Å². The van der Waals surface area contributed by atoms with E-state index >= 15 is 0 Å². The molecule has 0 bridgehead atoms. The Hall–Kier alpha value is -2.97. The molecule has 1 aromatic heterocycles. The predicted octanol–water partition coefficient (Wildman–Crippen LogP) is 1.67. The van der Waals surface area contributed by atoms with Crippen molar-refractivity contribution in [1.82, 2.24) is 9.78 Å². The Labute approximate surface area is 111 Å². The Bertz CT molecular complexity index is 670. The second kappa shape index (κ2) is 5.34. The Morgan fingerprint density at radius 1 is 1.50 bits per heavy atom. The van der Waals surface area contributed by atoms with Gasteiger partial charge in [-0.3, -0.25) is 10.1 Å². The van der Waals surface area contributed by atoms with Crippen LogP contribution in [0.15, 0.2) is 30.5 Å². The summed E-state index contributed by atoms with van der Waals surface area (Å²) in [4.78, 5) is 20.6. The van der Waals surface area contributed by atoms with Crippen molar-refractivity contribution < 1.29 is 24.0 Å². The molecule has 0 unspecified atom stereocenters. The summed E-state index contributed by atoms with van der Waals surface area (Å²) in [6.45, 7) is -0.236. The lowest BCUT2D eigenvalue weighted by Gasteiger charge is -2.06. The van der Waals surface area contributed by atoms with Gasteiger partial charge in [-0.05, 0) is 18.2 Å². The zero-order chi connectivity index (χ0) is 14.7. The number of nitro benzene ring substituents is 1. The van der Waals surface area contributed by atoms with E-state index in [2.05, 4.69) is 5.10 Å². The first kappa shape index (κ1) is 13.5. The molecular weight excluding hydrogens is 273 g/mol. The van der Waals surface area contributed by atoms with Crippen molar-refractivity contribution in [3.05, 3.63) is 52.1 Å². The van der Waals surface area contributed by atoms with Gasteiger partial charge in [-0.2, -0.15) is 5.10 Å². The topological polar surface area (TPSA) is 107 Å². The molecule has 104 valence electrons. The quantitative estimate of drug-likeness (QED) is 0.659. The van der Waals surface area contributed by atoms with Gasteiger partial charge in [0.15, 0.2) is 18.2 Å². The summed E-state index contributed by atoms with van der Waals surface area (Å²) < 4.78 is 19.2. The fourth-order valence-corrected chi connectivity index (χ4v) is 1.44. The number of ether oxygens (including phenoxy) is 1. The minimum Gasteiger partial charge on any atom is -0.476 e. The molecule has 1 N–H and O–H groups in total. The van der Waals surface area contributed by atoms with Gasteiger partial charge in [0.2, 0.25) is 0 Å². The van der Waals surface area contributed by atoms with Gasteiger partial charge < -0.3 is 9.84 Å². The van der Waals surface area contributed by atoms with Gasteiger partial charge in [-0.1, -0.05) is 0 Å². The molecule has 20 heavy (non-hydrogen) atoms. The van der Waals surface area contributed by atoms with Crippen LogP contribution in [0.4, 0.5) is 10.1 Å². The molecule has 0 saturated heterocycles. The lowest BCUT2D eigenvalue weighted by molar-refractivity contribution is -0.386. The molecule has 1 aromatic carbocycles. The highest BCUT2D eigenvalue weighted by Crippen LogP contribution is 2.27. The van der Waals surface area contributed by atoms with Gasteiger partial charge in [-0.15, -0.1) is 0 Å². The lowest BCUT2D eigenvalue weighted by Crippen LogP contribution is -2.08. The molecule has 0 aliphatic rings. The largest absolute Gasteiger partial charge is 0.476 e. The fraction of sp³-hybridized carbons (Fsp3) is 0.0909. The van der Waals surface area contributed by atoms with Crippen LogP contribution in [0, 0.1) is 15.9 Å². The van der Waals surface area contributed by atoms with Crippen LogP contribution in [-0.2, 0) is 6.73 Å². The predicted molar refractivity (Wildman–Crippen MR) is 62.9 cm³/mol. The van der Waals surface area contributed by atoms with Crippen LogP contribution in [0.1, 0.15) is 10.5 Å². The van der Waals surface area contributed by atoms with E-state index in [1.807, 2.05) is 0 Å². The van der Waals surface area contributed by atoms with Crippen molar-refractivity contribution in [1.29, 1.82) is 0 Å². The summed E-state index contributed by atoms with van der Waals surface area (Å²) in [5.74, 6) is -2.09. The van der Waals surface area contributed by atoms with Crippen LogP contribution in [0.5, 0.6) is 5.75 Å². The first-order valence-corrected chi connectivity index (χ1v) is 5.31. The van der Waals surface area contributed by atoms with Crippen molar-refractivity contribution >= 4 is 11.7 Å². The summed E-state index contributed by atoms with van der Waals surface area (Å²) in [6, 6.07) is 4.13. The SMILES string of the molecule is O=C(O)c1ccn(COc2ccc(F)cc2[N+](=O)[O-])n1. The molecule has 0 aliphatic carbocycles. The summed E-state index contributed by atoms with van der Waals surface area (Å²) in [5.41, 5.74) is -0.696. The molecule has 0 aliphatic heterocycles. The number of hydrogen-bond donors (Lipinski definition) is 1. The van der Waals surface area contributed by atoms with E-state index in [1.165, 1.54) is 12.3 Å². The van der Waals surface area contributed by atoms with Crippen LogP contribution in [0.2, 0.25) is 0 Å². The summed E-state index contributed by atoms with van der Waals surface area (Å²) in [5, 5.41) is 23.1. The minimum absolute atomic E-state index is 0.135. The van der Waals surface area contributed by atoms with E-state index in [-0.39, 0.29) is 18.2 Å². The number of rotatable bonds is 5. The van der Waals surface area contributed by atoms with E-state index in [4.69, 9.17) is 9.84 Å².